The number of hydrogen-bond acceptors (Lipinski definition) is 5. The Hall–Kier alpha value is -2.44. The van der Waals surface area contributed by atoms with Crippen molar-refractivity contribution in [3.63, 3.8) is 0 Å². The molecular weight excluding hydrogens is 384 g/mol. The molecule has 0 spiro atoms. The number of benzene rings is 2. The number of ether oxygens (including phenoxy) is 2. The van der Waals surface area contributed by atoms with E-state index in [0.717, 1.165) is 17.0 Å². The largest absolute Gasteiger partial charge is 0.497 e. The summed E-state index contributed by atoms with van der Waals surface area (Å²) in [6.07, 6.45) is 1.79. The van der Waals surface area contributed by atoms with Gasteiger partial charge in [-0.05, 0) is 67.2 Å². The Labute approximate surface area is 167 Å². The number of amides is 1. The molecule has 0 aliphatic carbocycles. The van der Waals surface area contributed by atoms with Gasteiger partial charge in [-0.2, -0.15) is 0 Å². The van der Waals surface area contributed by atoms with Crippen molar-refractivity contribution in [3.8, 4) is 11.5 Å². The average Bonchev–Trinajstić information content (AvgIpc) is 2.97. The maximum absolute atomic E-state index is 12.8. The summed E-state index contributed by atoms with van der Waals surface area (Å²) >= 11 is 7.43. The molecule has 1 fully saturated rings. The van der Waals surface area contributed by atoms with Crippen LogP contribution in [0, 0.1) is 0 Å². The van der Waals surface area contributed by atoms with Gasteiger partial charge in [-0.1, -0.05) is 11.6 Å². The Morgan fingerprint density at radius 2 is 1.89 bits per heavy atom. The SMILES string of the molecule is CCN1C(=O)/C(=C\c2cc(Cl)ccc2OC)SC1=Nc1ccc(OC)cc1. The molecule has 3 rings (SSSR count). The highest BCUT2D eigenvalue weighted by Crippen LogP contribution is 2.36. The van der Waals surface area contributed by atoms with E-state index in [1.807, 2.05) is 31.2 Å². The first-order chi connectivity index (χ1) is 13.0. The van der Waals surface area contributed by atoms with Crippen molar-refractivity contribution in [1.29, 1.82) is 0 Å². The molecule has 1 amide bonds. The van der Waals surface area contributed by atoms with E-state index in [2.05, 4.69) is 4.99 Å². The quantitative estimate of drug-likeness (QED) is 0.662. The van der Waals surface area contributed by atoms with Gasteiger partial charge in [-0.25, -0.2) is 4.99 Å². The molecule has 7 heteroatoms. The molecule has 0 aromatic heterocycles. The summed E-state index contributed by atoms with van der Waals surface area (Å²) in [5.74, 6) is 1.33. The second kappa shape index (κ2) is 8.50. The first-order valence-electron chi connectivity index (χ1n) is 8.33. The lowest BCUT2D eigenvalue weighted by Crippen LogP contribution is -2.28. The van der Waals surface area contributed by atoms with Gasteiger partial charge in [0.15, 0.2) is 5.17 Å². The number of carbonyl (C=O) groups is 1. The fourth-order valence-corrected chi connectivity index (χ4v) is 3.83. The molecule has 1 saturated heterocycles. The van der Waals surface area contributed by atoms with Gasteiger partial charge in [0.05, 0.1) is 24.8 Å². The van der Waals surface area contributed by atoms with E-state index in [1.54, 1.807) is 43.4 Å². The Morgan fingerprint density at radius 3 is 2.52 bits per heavy atom. The van der Waals surface area contributed by atoms with Gasteiger partial charge in [-0.15, -0.1) is 0 Å². The molecule has 2 aromatic carbocycles. The summed E-state index contributed by atoms with van der Waals surface area (Å²) in [4.78, 5) is 19.6. The van der Waals surface area contributed by atoms with E-state index < -0.39 is 0 Å². The number of rotatable bonds is 5. The van der Waals surface area contributed by atoms with Gasteiger partial charge in [0.1, 0.15) is 11.5 Å². The number of hydrogen-bond donors (Lipinski definition) is 0. The lowest BCUT2D eigenvalue weighted by atomic mass is 10.2. The molecule has 0 radical (unpaired) electrons. The number of likely N-dealkylation sites (N-methyl/N-ethyl adjacent to an activating group) is 1. The van der Waals surface area contributed by atoms with Crippen LogP contribution in [0.25, 0.3) is 6.08 Å². The van der Waals surface area contributed by atoms with E-state index in [1.165, 1.54) is 11.8 Å². The highest BCUT2D eigenvalue weighted by molar-refractivity contribution is 8.18. The average molecular weight is 403 g/mol. The number of methoxy groups -OCH3 is 2. The first kappa shape index (κ1) is 19.3. The van der Waals surface area contributed by atoms with E-state index in [0.29, 0.717) is 27.4 Å². The van der Waals surface area contributed by atoms with Crippen LogP contribution < -0.4 is 9.47 Å². The van der Waals surface area contributed by atoms with Gasteiger partial charge in [0, 0.05) is 17.1 Å². The minimum Gasteiger partial charge on any atom is -0.497 e. The standard InChI is InChI=1S/C20H19ClN2O3S/c1-4-23-19(24)18(12-13-11-14(21)5-10-17(13)26-3)27-20(23)22-15-6-8-16(25-2)9-7-15/h5-12H,4H2,1-3H3/b18-12+,22-20?. The van der Waals surface area contributed by atoms with Gasteiger partial charge in [0.2, 0.25) is 0 Å². The van der Waals surface area contributed by atoms with Gasteiger partial charge >= 0.3 is 0 Å². The maximum atomic E-state index is 12.8. The summed E-state index contributed by atoms with van der Waals surface area (Å²) in [6.45, 7) is 2.45. The highest BCUT2D eigenvalue weighted by atomic mass is 35.5. The van der Waals surface area contributed by atoms with Crippen molar-refractivity contribution in [1.82, 2.24) is 4.90 Å². The first-order valence-corrected chi connectivity index (χ1v) is 9.53. The second-order valence-electron chi connectivity index (χ2n) is 5.64. The Bertz CT molecular complexity index is 910. The molecule has 5 nitrogen and oxygen atoms in total. The van der Waals surface area contributed by atoms with Crippen LogP contribution in [0.2, 0.25) is 5.02 Å². The lowest BCUT2D eigenvalue weighted by Gasteiger charge is -2.12. The van der Waals surface area contributed by atoms with Crippen LogP contribution in [-0.4, -0.2) is 36.7 Å². The Morgan fingerprint density at radius 1 is 1.15 bits per heavy atom. The molecule has 140 valence electrons. The van der Waals surface area contributed by atoms with Crippen molar-refractivity contribution in [2.24, 2.45) is 4.99 Å². The van der Waals surface area contributed by atoms with Gasteiger partial charge in [0.25, 0.3) is 5.91 Å². The second-order valence-corrected chi connectivity index (χ2v) is 7.08. The molecule has 1 aliphatic rings. The smallest absolute Gasteiger partial charge is 0.266 e. The number of amidine groups is 1. The van der Waals surface area contributed by atoms with Crippen molar-refractivity contribution in [2.45, 2.75) is 6.92 Å². The summed E-state index contributed by atoms with van der Waals surface area (Å²) in [6, 6.07) is 12.7. The molecule has 0 atom stereocenters. The Balaban J connectivity index is 1.94. The zero-order valence-electron chi connectivity index (χ0n) is 15.2. The van der Waals surface area contributed by atoms with E-state index in [9.17, 15) is 4.79 Å². The molecule has 27 heavy (non-hydrogen) atoms. The monoisotopic (exact) mass is 402 g/mol. The third kappa shape index (κ3) is 4.28. The fraction of sp³-hybridized carbons (Fsp3) is 0.200. The van der Waals surface area contributed by atoms with Crippen molar-refractivity contribution < 1.29 is 14.3 Å². The molecule has 1 aliphatic heterocycles. The minimum absolute atomic E-state index is 0.0863. The number of thioether (sulfide) groups is 1. The van der Waals surface area contributed by atoms with Gasteiger partial charge < -0.3 is 9.47 Å². The number of aliphatic imine (C=N–C) groups is 1. The predicted octanol–water partition coefficient (Wildman–Crippen LogP) is 4.98. The van der Waals surface area contributed by atoms with Crippen molar-refractivity contribution in [3.05, 3.63) is 58.0 Å². The molecule has 2 aromatic rings. The highest BCUT2D eigenvalue weighted by Gasteiger charge is 2.32. The van der Waals surface area contributed by atoms with Crippen molar-refractivity contribution >= 4 is 46.2 Å². The van der Waals surface area contributed by atoms with E-state index in [4.69, 9.17) is 21.1 Å². The van der Waals surface area contributed by atoms with Crippen LogP contribution in [0.3, 0.4) is 0 Å². The number of nitrogens with zero attached hydrogens (tertiary/aromatic N) is 2. The topological polar surface area (TPSA) is 51.1 Å². The molecule has 0 N–H and O–H groups in total. The van der Waals surface area contributed by atoms with Crippen LogP contribution in [0.4, 0.5) is 5.69 Å². The zero-order chi connectivity index (χ0) is 19.4. The number of halogens is 1. The maximum Gasteiger partial charge on any atom is 0.266 e. The van der Waals surface area contributed by atoms with E-state index in [-0.39, 0.29) is 5.91 Å². The molecule has 1 heterocycles. The summed E-state index contributed by atoms with van der Waals surface area (Å²) in [5, 5.41) is 1.22. The van der Waals surface area contributed by atoms with Gasteiger partial charge in [-0.3, -0.25) is 9.69 Å². The summed E-state index contributed by atoms with van der Waals surface area (Å²) in [7, 11) is 3.20. The van der Waals surface area contributed by atoms with Crippen molar-refractivity contribution in [2.75, 3.05) is 20.8 Å². The van der Waals surface area contributed by atoms with Crippen LogP contribution in [-0.2, 0) is 4.79 Å². The third-order valence-corrected chi connectivity index (χ3v) is 5.22. The fourth-order valence-electron chi connectivity index (χ4n) is 2.60. The normalized spacial score (nSPS) is 17.0. The zero-order valence-corrected chi connectivity index (χ0v) is 16.8. The predicted molar refractivity (Wildman–Crippen MR) is 111 cm³/mol. The minimum atomic E-state index is -0.0863. The molecule has 0 unspecified atom stereocenters. The lowest BCUT2D eigenvalue weighted by molar-refractivity contribution is -0.122. The van der Waals surface area contributed by atoms with Crippen LogP contribution >= 0.6 is 23.4 Å². The number of carbonyl (C=O) groups excluding carboxylic acids is 1. The van der Waals surface area contributed by atoms with Crippen LogP contribution in [0.5, 0.6) is 11.5 Å². The molecule has 0 saturated carbocycles. The third-order valence-electron chi connectivity index (χ3n) is 3.98. The summed E-state index contributed by atoms with van der Waals surface area (Å²) in [5.41, 5.74) is 1.51. The Kier molecular flexibility index (Phi) is 6.08. The molecule has 0 bridgehead atoms. The molecular formula is C20H19ClN2O3S. The van der Waals surface area contributed by atoms with E-state index >= 15 is 0 Å². The van der Waals surface area contributed by atoms with Crippen LogP contribution in [0.1, 0.15) is 12.5 Å². The summed E-state index contributed by atoms with van der Waals surface area (Å²) < 4.78 is 10.5. The van der Waals surface area contributed by atoms with Crippen LogP contribution in [0.15, 0.2) is 52.4 Å².